The summed E-state index contributed by atoms with van der Waals surface area (Å²) in [6.45, 7) is 11.8. The minimum atomic E-state index is -4.96. The summed E-state index contributed by atoms with van der Waals surface area (Å²) < 4.78 is 68.4. The van der Waals surface area contributed by atoms with E-state index in [0.717, 1.165) is 127 Å². The number of hydrogen-bond donors (Lipinski definition) is 3. The maximum Gasteiger partial charge on any atom is 0.472 e. The Hall–Kier alpha value is -2.46. The molecule has 5 atom stereocenters. The molecule has 0 fully saturated rings. The third-order valence-corrected chi connectivity index (χ3v) is 18.9. The molecular formula is C76H144O17P2. The zero-order valence-electron chi connectivity index (χ0n) is 61.6. The number of carbonyl (C=O) groups excluding carboxylic acids is 4. The lowest BCUT2D eigenvalue weighted by molar-refractivity contribution is -0.161. The normalized spacial score (nSPS) is 14.2. The van der Waals surface area contributed by atoms with E-state index in [9.17, 15) is 43.2 Å². The van der Waals surface area contributed by atoms with Crippen molar-refractivity contribution in [3.8, 4) is 0 Å². The van der Waals surface area contributed by atoms with Gasteiger partial charge in [-0.1, -0.05) is 310 Å². The van der Waals surface area contributed by atoms with Gasteiger partial charge in [-0.15, -0.1) is 0 Å². The van der Waals surface area contributed by atoms with Crippen molar-refractivity contribution in [3.05, 3.63) is 24.3 Å². The van der Waals surface area contributed by atoms with E-state index >= 15 is 0 Å². The number of phosphoric ester groups is 2. The van der Waals surface area contributed by atoms with Crippen molar-refractivity contribution in [2.45, 2.75) is 381 Å². The number of carbonyl (C=O) groups is 4. The number of aliphatic hydroxyl groups is 1. The molecular weight excluding hydrogens is 1250 g/mol. The predicted molar refractivity (Wildman–Crippen MR) is 386 cm³/mol. The lowest BCUT2D eigenvalue weighted by Crippen LogP contribution is -2.30. The minimum absolute atomic E-state index is 0.0987. The van der Waals surface area contributed by atoms with Crippen LogP contribution >= 0.6 is 15.6 Å². The van der Waals surface area contributed by atoms with Gasteiger partial charge in [0, 0.05) is 25.7 Å². The third kappa shape index (κ3) is 69.8. The van der Waals surface area contributed by atoms with Crippen LogP contribution in [0.15, 0.2) is 24.3 Å². The molecule has 19 heteroatoms. The minimum Gasteiger partial charge on any atom is -0.462 e. The summed E-state index contributed by atoms with van der Waals surface area (Å²) in [6, 6.07) is 0. The SMILES string of the molecule is CCCCCC/C=C\C=C/CCCCCCCC(=O)OC[C@H](COP(=O)(O)OCC(O)COP(=O)(O)OC[C@@H](COC(=O)CCCCCCCCC(C)C)OC(=O)CCCCCCCCCCCCCCCCCC(C)C)OC(=O)CCCCCCCCCCCCC(C)C. The molecule has 3 N–H and O–H groups in total. The van der Waals surface area contributed by atoms with Crippen LogP contribution in [0, 0.1) is 17.8 Å². The Balaban J connectivity index is 5.25. The Labute approximate surface area is 580 Å². The Morgan fingerprint density at radius 1 is 0.326 bits per heavy atom. The van der Waals surface area contributed by atoms with Crippen LogP contribution in [0.1, 0.15) is 363 Å². The second kappa shape index (κ2) is 66.1. The highest BCUT2D eigenvalue weighted by atomic mass is 31.2. The number of hydrogen-bond acceptors (Lipinski definition) is 15. The van der Waals surface area contributed by atoms with E-state index in [1.165, 1.54) is 148 Å². The summed E-state index contributed by atoms with van der Waals surface area (Å²) in [5.74, 6) is 0.0775. The summed E-state index contributed by atoms with van der Waals surface area (Å²) in [6.07, 6.45) is 55.1. The van der Waals surface area contributed by atoms with Gasteiger partial charge < -0.3 is 33.8 Å². The van der Waals surface area contributed by atoms with Crippen molar-refractivity contribution < 1.29 is 80.2 Å². The van der Waals surface area contributed by atoms with Crippen molar-refractivity contribution in [2.75, 3.05) is 39.6 Å². The second-order valence-electron chi connectivity index (χ2n) is 28.1. The summed E-state index contributed by atoms with van der Waals surface area (Å²) >= 11 is 0. The molecule has 0 rings (SSSR count). The van der Waals surface area contributed by atoms with Crippen molar-refractivity contribution >= 4 is 39.5 Å². The van der Waals surface area contributed by atoms with Gasteiger partial charge in [0.2, 0.25) is 0 Å². The molecule has 0 aliphatic carbocycles. The van der Waals surface area contributed by atoms with E-state index < -0.39 is 97.5 Å². The first-order chi connectivity index (χ1) is 45.7. The Bertz CT molecular complexity index is 1950. The molecule has 0 bridgehead atoms. The molecule has 0 aliphatic heterocycles. The van der Waals surface area contributed by atoms with E-state index in [1.807, 2.05) is 0 Å². The molecule has 17 nitrogen and oxygen atoms in total. The van der Waals surface area contributed by atoms with E-state index in [4.69, 9.17) is 37.0 Å². The largest absolute Gasteiger partial charge is 0.472 e. The van der Waals surface area contributed by atoms with Gasteiger partial charge in [0.15, 0.2) is 12.2 Å². The molecule has 0 aromatic heterocycles. The van der Waals surface area contributed by atoms with Gasteiger partial charge in [-0.2, -0.15) is 0 Å². The van der Waals surface area contributed by atoms with Crippen LogP contribution in [-0.4, -0.2) is 96.7 Å². The lowest BCUT2D eigenvalue weighted by atomic mass is 10.0. The maximum absolute atomic E-state index is 13.1. The van der Waals surface area contributed by atoms with Crippen molar-refractivity contribution in [1.82, 2.24) is 0 Å². The molecule has 95 heavy (non-hydrogen) atoms. The molecule has 560 valence electrons. The van der Waals surface area contributed by atoms with Gasteiger partial charge in [-0.25, -0.2) is 9.13 Å². The highest BCUT2D eigenvalue weighted by Crippen LogP contribution is 2.45. The topological polar surface area (TPSA) is 237 Å². The van der Waals surface area contributed by atoms with Crippen LogP contribution in [0.25, 0.3) is 0 Å². The predicted octanol–water partition coefficient (Wildman–Crippen LogP) is 21.7. The molecule has 3 unspecified atom stereocenters. The second-order valence-corrected chi connectivity index (χ2v) is 31.0. The molecule has 0 aromatic carbocycles. The van der Waals surface area contributed by atoms with Crippen LogP contribution in [0.2, 0.25) is 0 Å². The summed E-state index contributed by atoms with van der Waals surface area (Å²) in [5, 5.41) is 10.6. The lowest BCUT2D eigenvalue weighted by Gasteiger charge is -2.21. The smallest absolute Gasteiger partial charge is 0.462 e. The monoisotopic (exact) mass is 1390 g/mol. The van der Waals surface area contributed by atoms with Crippen LogP contribution in [0.5, 0.6) is 0 Å². The van der Waals surface area contributed by atoms with Crippen LogP contribution in [0.4, 0.5) is 0 Å². The molecule has 0 aromatic rings. The molecule has 0 spiro atoms. The number of phosphoric acid groups is 2. The number of esters is 4. The van der Waals surface area contributed by atoms with Crippen molar-refractivity contribution in [1.29, 1.82) is 0 Å². The maximum atomic E-state index is 13.1. The molecule has 0 radical (unpaired) electrons. The van der Waals surface area contributed by atoms with E-state index in [1.54, 1.807) is 0 Å². The summed E-state index contributed by atoms with van der Waals surface area (Å²) in [7, 11) is -9.92. The Kier molecular flexibility index (Phi) is 64.4. The van der Waals surface area contributed by atoms with E-state index in [0.29, 0.717) is 31.6 Å². The van der Waals surface area contributed by atoms with Crippen LogP contribution < -0.4 is 0 Å². The first-order valence-corrected chi connectivity index (χ1v) is 41.7. The highest BCUT2D eigenvalue weighted by Gasteiger charge is 2.30. The first-order valence-electron chi connectivity index (χ1n) is 38.7. The Morgan fingerprint density at radius 3 is 0.853 bits per heavy atom. The fraction of sp³-hybridized carbons (Fsp3) is 0.895. The first kappa shape index (κ1) is 92.5. The number of ether oxygens (including phenoxy) is 4. The molecule has 0 aliphatic rings. The average Bonchev–Trinajstić information content (AvgIpc) is 2.61. The van der Waals surface area contributed by atoms with Gasteiger partial charge in [0.05, 0.1) is 26.4 Å². The van der Waals surface area contributed by atoms with Gasteiger partial charge in [0.1, 0.15) is 19.3 Å². The standard InChI is InChI=1S/C76H144O17P2/c1-8-9-10-11-12-13-14-15-17-21-24-30-35-43-50-57-73(78)86-63-71(92-76(81)60-53-46-37-32-27-26-29-34-41-48-55-68(4)5)65-90-94(82,83)88-61-70(77)62-89-95(84,85)91-66-72(64-87-74(79)58-51-44-39-38-42-49-56-69(6)7)93-75(80)59-52-45-36-31-25-22-19-16-18-20-23-28-33-40-47-54-67(2)3/h13-15,17,67-72,77H,8-12,16,18-66H2,1-7H3,(H,82,83)(H,84,85)/b14-13-,17-15-/t70?,71-,72-/m1/s1. The highest BCUT2D eigenvalue weighted by molar-refractivity contribution is 7.47. The molecule has 0 saturated heterocycles. The number of rotatable bonds is 72. The van der Waals surface area contributed by atoms with Crippen molar-refractivity contribution in [3.63, 3.8) is 0 Å². The van der Waals surface area contributed by atoms with E-state index in [2.05, 4.69) is 72.8 Å². The fourth-order valence-corrected chi connectivity index (χ4v) is 12.6. The fourth-order valence-electron chi connectivity index (χ4n) is 11.1. The van der Waals surface area contributed by atoms with Gasteiger partial charge in [-0.3, -0.25) is 37.3 Å². The average molecular weight is 1390 g/mol. The number of aliphatic hydroxyl groups excluding tert-OH is 1. The summed E-state index contributed by atoms with van der Waals surface area (Å²) in [5.41, 5.74) is 0. The number of unbranched alkanes of at least 4 members (excludes halogenated alkanes) is 37. The van der Waals surface area contributed by atoms with Crippen LogP contribution in [0.3, 0.4) is 0 Å². The van der Waals surface area contributed by atoms with E-state index in [-0.39, 0.29) is 25.7 Å². The number of allylic oxidation sites excluding steroid dienone is 4. The van der Waals surface area contributed by atoms with Gasteiger partial charge >= 0.3 is 39.5 Å². The molecule has 0 saturated carbocycles. The van der Waals surface area contributed by atoms with Gasteiger partial charge in [-0.05, 0) is 69.1 Å². The zero-order valence-corrected chi connectivity index (χ0v) is 63.4. The van der Waals surface area contributed by atoms with Crippen molar-refractivity contribution in [2.24, 2.45) is 17.8 Å². The van der Waals surface area contributed by atoms with Crippen LogP contribution in [-0.2, 0) is 65.4 Å². The Morgan fingerprint density at radius 2 is 0.568 bits per heavy atom. The zero-order chi connectivity index (χ0) is 70.1. The third-order valence-electron chi connectivity index (χ3n) is 17.0. The molecule has 0 heterocycles. The summed E-state index contributed by atoms with van der Waals surface area (Å²) in [4.78, 5) is 72.7. The molecule has 0 amide bonds. The van der Waals surface area contributed by atoms with Gasteiger partial charge in [0.25, 0.3) is 0 Å². The quantitative estimate of drug-likeness (QED) is 0.0169.